The number of nitrogens with one attached hydrogen (secondary N) is 1. The lowest BCUT2D eigenvalue weighted by Gasteiger charge is -2.09. The number of halogens is 1. The van der Waals surface area contributed by atoms with E-state index in [1.165, 1.54) is 11.6 Å². The van der Waals surface area contributed by atoms with E-state index in [1.54, 1.807) is 24.3 Å². The molecule has 0 unspecified atom stereocenters. The van der Waals surface area contributed by atoms with Crippen LogP contribution in [0.15, 0.2) is 35.0 Å². The summed E-state index contributed by atoms with van der Waals surface area (Å²) >= 11 is 1.70. The number of anilines is 1. The summed E-state index contributed by atoms with van der Waals surface area (Å²) in [4.78, 5) is 0. The molecule has 0 bridgehead atoms. The van der Waals surface area contributed by atoms with Crippen LogP contribution in [0.25, 0.3) is 0 Å². The van der Waals surface area contributed by atoms with Crippen molar-refractivity contribution < 1.29 is 4.39 Å². The molecule has 0 aliphatic rings. The van der Waals surface area contributed by atoms with Gasteiger partial charge in [0.15, 0.2) is 0 Å². The van der Waals surface area contributed by atoms with E-state index in [2.05, 4.69) is 22.1 Å². The van der Waals surface area contributed by atoms with Gasteiger partial charge in [-0.15, -0.1) is 0 Å². The minimum absolute atomic E-state index is 0.152. The lowest BCUT2D eigenvalue weighted by molar-refractivity contribution is 0.619. The predicted molar refractivity (Wildman–Crippen MR) is 67.6 cm³/mol. The Morgan fingerprint density at radius 1 is 1.31 bits per heavy atom. The van der Waals surface area contributed by atoms with Crippen LogP contribution in [-0.4, -0.2) is 6.54 Å². The average molecular weight is 235 g/mol. The van der Waals surface area contributed by atoms with Crippen LogP contribution in [0, 0.1) is 12.7 Å². The zero-order valence-electron chi connectivity index (χ0n) is 9.16. The van der Waals surface area contributed by atoms with Gasteiger partial charge in [-0.1, -0.05) is 6.07 Å². The van der Waals surface area contributed by atoms with Gasteiger partial charge in [0.05, 0.1) is 0 Å². The van der Waals surface area contributed by atoms with Crippen LogP contribution in [0.1, 0.15) is 11.1 Å². The summed E-state index contributed by atoms with van der Waals surface area (Å²) in [5.74, 6) is -0.152. The van der Waals surface area contributed by atoms with Crippen LogP contribution >= 0.6 is 11.3 Å². The Kier molecular flexibility index (Phi) is 3.57. The first kappa shape index (κ1) is 11.1. The quantitative estimate of drug-likeness (QED) is 0.848. The fraction of sp³-hybridized carbons (Fsp3) is 0.231. The van der Waals surface area contributed by atoms with Gasteiger partial charge < -0.3 is 5.32 Å². The van der Waals surface area contributed by atoms with Gasteiger partial charge in [-0.3, -0.25) is 0 Å². The fourth-order valence-electron chi connectivity index (χ4n) is 1.58. The minimum atomic E-state index is -0.152. The number of hydrogen-bond acceptors (Lipinski definition) is 2. The van der Waals surface area contributed by atoms with Gasteiger partial charge in [0, 0.05) is 17.8 Å². The van der Waals surface area contributed by atoms with Gasteiger partial charge in [-0.25, -0.2) is 4.39 Å². The first-order valence-electron chi connectivity index (χ1n) is 5.27. The van der Waals surface area contributed by atoms with Gasteiger partial charge in [0.2, 0.25) is 0 Å². The molecule has 2 aromatic rings. The second-order valence-electron chi connectivity index (χ2n) is 3.72. The van der Waals surface area contributed by atoms with Crippen LogP contribution in [0.4, 0.5) is 10.1 Å². The zero-order valence-corrected chi connectivity index (χ0v) is 9.98. The summed E-state index contributed by atoms with van der Waals surface area (Å²) in [7, 11) is 0. The summed E-state index contributed by atoms with van der Waals surface area (Å²) in [5.41, 5.74) is 2.90. The molecule has 0 aliphatic carbocycles. The monoisotopic (exact) mass is 235 g/mol. The summed E-state index contributed by atoms with van der Waals surface area (Å²) < 4.78 is 13.2. The molecule has 1 aromatic heterocycles. The number of rotatable bonds is 4. The second kappa shape index (κ2) is 5.12. The highest BCUT2D eigenvalue weighted by molar-refractivity contribution is 7.07. The van der Waals surface area contributed by atoms with Crippen LogP contribution in [0.3, 0.4) is 0 Å². The Bertz CT molecular complexity index is 451. The van der Waals surface area contributed by atoms with E-state index in [-0.39, 0.29) is 5.82 Å². The number of benzene rings is 1. The molecule has 0 fully saturated rings. The smallest absolute Gasteiger partial charge is 0.128 e. The average Bonchev–Trinajstić information content (AvgIpc) is 2.77. The third-order valence-corrected chi connectivity index (χ3v) is 3.31. The summed E-state index contributed by atoms with van der Waals surface area (Å²) in [6.07, 6.45) is 0.972. The molecule has 0 saturated heterocycles. The molecule has 3 heteroatoms. The molecule has 1 nitrogen and oxygen atoms in total. The molecule has 84 valence electrons. The van der Waals surface area contributed by atoms with Crippen molar-refractivity contribution in [3.63, 3.8) is 0 Å². The highest BCUT2D eigenvalue weighted by Gasteiger charge is 2.02. The van der Waals surface area contributed by atoms with E-state index >= 15 is 0 Å². The third-order valence-electron chi connectivity index (χ3n) is 2.58. The largest absolute Gasteiger partial charge is 0.384 e. The minimum Gasteiger partial charge on any atom is -0.384 e. The molecular formula is C13H14FNS. The van der Waals surface area contributed by atoms with Crippen molar-refractivity contribution in [2.45, 2.75) is 13.3 Å². The van der Waals surface area contributed by atoms with Crippen molar-refractivity contribution in [1.82, 2.24) is 0 Å². The normalized spacial score (nSPS) is 10.4. The van der Waals surface area contributed by atoms with E-state index in [0.717, 1.165) is 18.7 Å². The predicted octanol–water partition coefficient (Wildman–Crippen LogP) is 3.85. The van der Waals surface area contributed by atoms with Crippen LogP contribution in [0.2, 0.25) is 0 Å². The van der Waals surface area contributed by atoms with Gasteiger partial charge in [-0.05, 0) is 47.9 Å². The highest BCUT2D eigenvalue weighted by Crippen LogP contribution is 2.17. The highest BCUT2D eigenvalue weighted by atomic mass is 32.1. The Labute approximate surface area is 98.9 Å². The Balaban J connectivity index is 1.92. The van der Waals surface area contributed by atoms with Crippen molar-refractivity contribution in [1.29, 1.82) is 0 Å². The standard InChI is InChI=1S/C13H14FNS/c1-10-12(14)3-2-4-13(10)15-7-5-11-6-8-16-9-11/h2-4,6,8-9,15H,5,7H2,1H3. The number of hydrogen-bond donors (Lipinski definition) is 1. The van der Waals surface area contributed by atoms with E-state index in [0.29, 0.717) is 5.56 Å². The Hall–Kier alpha value is -1.35. The molecule has 0 spiro atoms. The maximum atomic E-state index is 13.2. The molecule has 1 N–H and O–H groups in total. The zero-order chi connectivity index (χ0) is 11.4. The molecule has 0 aliphatic heterocycles. The first-order valence-corrected chi connectivity index (χ1v) is 6.22. The molecule has 0 amide bonds. The molecule has 0 atom stereocenters. The van der Waals surface area contributed by atoms with Crippen molar-refractivity contribution in [3.8, 4) is 0 Å². The molecule has 1 heterocycles. The molecule has 1 aromatic carbocycles. The van der Waals surface area contributed by atoms with E-state index < -0.39 is 0 Å². The van der Waals surface area contributed by atoms with Crippen molar-refractivity contribution >= 4 is 17.0 Å². The van der Waals surface area contributed by atoms with Crippen molar-refractivity contribution in [3.05, 3.63) is 52.0 Å². The molecule has 0 radical (unpaired) electrons. The SMILES string of the molecule is Cc1c(F)cccc1NCCc1ccsc1. The number of thiophene rings is 1. The van der Waals surface area contributed by atoms with Gasteiger partial charge >= 0.3 is 0 Å². The summed E-state index contributed by atoms with van der Waals surface area (Å²) in [6, 6.07) is 7.24. The van der Waals surface area contributed by atoms with Crippen molar-refractivity contribution in [2.75, 3.05) is 11.9 Å². The summed E-state index contributed by atoms with van der Waals surface area (Å²) in [5, 5.41) is 7.47. The molecule has 16 heavy (non-hydrogen) atoms. The topological polar surface area (TPSA) is 12.0 Å². The summed E-state index contributed by atoms with van der Waals surface area (Å²) in [6.45, 7) is 2.63. The second-order valence-corrected chi connectivity index (χ2v) is 4.50. The van der Waals surface area contributed by atoms with Gasteiger partial charge in [-0.2, -0.15) is 11.3 Å². The van der Waals surface area contributed by atoms with Crippen LogP contribution in [-0.2, 0) is 6.42 Å². The Morgan fingerprint density at radius 2 is 2.19 bits per heavy atom. The van der Waals surface area contributed by atoms with Crippen LogP contribution < -0.4 is 5.32 Å². The fourth-order valence-corrected chi connectivity index (χ4v) is 2.28. The Morgan fingerprint density at radius 3 is 2.94 bits per heavy atom. The van der Waals surface area contributed by atoms with E-state index in [9.17, 15) is 4.39 Å². The lowest BCUT2D eigenvalue weighted by Crippen LogP contribution is -2.06. The molecular weight excluding hydrogens is 221 g/mol. The van der Waals surface area contributed by atoms with E-state index in [4.69, 9.17) is 0 Å². The first-order chi connectivity index (χ1) is 7.77. The maximum absolute atomic E-state index is 13.2. The maximum Gasteiger partial charge on any atom is 0.128 e. The lowest BCUT2D eigenvalue weighted by atomic mass is 10.2. The third kappa shape index (κ3) is 2.61. The molecule has 2 rings (SSSR count). The van der Waals surface area contributed by atoms with Crippen LogP contribution in [0.5, 0.6) is 0 Å². The molecule has 0 saturated carbocycles. The van der Waals surface area contributed by atoms with Gasteiger partial charge in [0.25, 0.3) is 0 Å². The van der Waals surface area contributed by atoms with Crippen molar-refractivity contribution in [2.24, 2.45) is 0 Å². The van der Waals surface area contributed by atoms with Gasteiger partial charge in [0.1, 0.15) is 5.82 Å². The van der Waals surface area contributed by atoms with E-state index in [1.807, 2.05) is 6.07 Å².